The Morgan fingerprint density at radius 2 is 2.33 bits per heavy atom. The molecule has 7 heteroatoms. The van der Waals surface area contributed by atoms with Crippen LogP contribution in [-0.4, -0.2) is 28.1 Å². The van der Waals surface area contributed by atoms with E-state index in [-0.39, 0.29) is 17.1 Å². The minimum Gasteiger partial charge on any atom is -0.464 e. The Balaban J connectivity index is 3.23. The Morgan fingerprint density at radius 1 is 1.67 bits per heavy atom. The van der Waals surface area contributed by atoms with E-state index in [9.17, 15) is 14.9 Å². The van der Waals surface area contributed by atoms with E-state index in [1.165, 1.54) is 0 Å². The molecule has 0 radical (unpaired) electrons. The number of aliphatic hydroxyl groups excluding tert-OH is 1. The molecule has 0 aliphatic heterocycles. The standard InChI is InChI=1S/C8H8N2O5/c1-15-8(12)7-3-6(10(13)14)2-5(4-11)9-7/h2-3,11H,4H2,1H3. The van der Waals surface area contributed by atoms with Gasteiger partial charge in [0.1, 0.15) is 0 Å². The number of carbonyl (C=O) groups excluding carboxylic acids is 1. The molecule has 0 atom stereocenters. The smallest absolute Gasteiger partial charge is 0.356 e. The lowest BCUT2D eigenvalue weighted by Gasteiger charge is -2.01. The van der Waals surface area contributed by atoms with Gasteiger partial charge in [0.25, 0.3) is 5.69 Å². The van der Waals surface area contributed by atoms with Crippen molar-refractivity contribution in [2.45, 2.75) is 6.61 Å². The summed E-state index contributed by atoms with van der Waals surface area (Å²) in [6.07, 6.45) is 0. The molecule has 0 bridgehead atoms. The lowest BCUT2D eigenvalue weighted by atomic mass is 10.2. The molecular formula is C8H8N2O5. The van der Waals surface area contributed by atoms with E-state index >= 15 is 0 Å². The lowest BCUT2D eigenvalue weighted by Crippen LogP contribution is -2.07. The summed E-state index contributed by atoms with van der Waals surface area (Å²) in [7, 11) is 1.14. The second kappa shape index (κ2) is 4.47. The van der Waals surface area contributed by atoms with Crippen molar-refractivity contribution in [3.8, 4) is 0 Å². The molecule has 1 N–H and O–H groups in total. The number of hydrogen-bond acceptors (Lipinski definition) is 6. The van der Waals surface area contributed by atoms with Crippen LogP contribution in [0.5, 0.6) is 0 Å². The van der Waals surface area contributed by atoms with Gasteiger partial charge < -0.3 is 9.84 Å². The molecule has 0 aromatic carbocycles. The van der Waals surface area contributed by atoms with Crippen LogP contribution in [0.25, 0.3) is 0 Å². The van der Waals surface area contributed by atoms with Crippen LogP contribution in [-0.2, 0) is 11.3 Å². The van der Waals surface area contributed by atoms with Gasteiger partial charge in [-0.25, -0.2) is 9.78 Å². The first-order valence-corrected chi connectivity index (χ1v) is 3.93. The zero-order valence-corrected chi connectivity index (χ0v) is 7.84. The number of methoxy groups -OCH3 is 1. The number of pyridine rings is 1. The molecule has 15 heavy (non-hydrogen) atoms. The molecule has 0 saturated carbocycles. The molecule has 1 aromatic rings. The number of aromatic nitrogens is 1. The van der Waals surface area contributed by atoms with E-state index < -0.39 is 17.5 Å². The van der Waals surface area contributed by atoms with Crippen molar-refractivity contribution in [2.24, 2.45) is 0 Å². The maximum absolute atomic E-state index is 11.1. The van der Waals surface area contributed by atoms with E-state index in [4.69, 9.17) is 5.11 Å². The van der Waals surface area contributed by atoms with Crippen LogP contribution in [0.2, 0.25) is 0 Å². The normalized spacial score (nSPS) is 9.73. The monoisotopic (exact) mass is 212 g/mol. The summed E-state index contributed by atoms with van der Waals surface area (Å²) < 4.78 is 4.36. The first-order chi connectivity index (χ1) is 7.08. The number of carbonyl (C=O) groups is 1. The van der Waals surface area contributed by atoms with Gasteiger partial charge in [0, 0.05) is 12.1 Å². The molecule has 0 aliphatic carbocycles. The molecule has 0 aliphatic rings. The highest BCUT2D eigenvalue weighted by Crippen LogP contribution is 2.14. The first-order valence-electron chi connectivity index (χ1n) is 3.93. The molecular weight excluding hydrogens is 204 g/mol. The van der Waals surface area contributed by atoms with Crippen LogP contribution >= 0.6 is 0 Å². The van der Waals surface area contributed by atoms with Crippen LogP contribution in [0.4, 0.5) is 5.69 Å². The Hall–Kier alpha value is -2.02. The summed E-state index contributed by atoms with van der Waals surface area (Å²) in [4.78, 5) is 24.5. The third kappa shape index (κ3) is 2.47. The molecule has 0 spiro atoms. The maximum Gasteiger partial charge on any atom is 0.356 e. The van der Waals surface area contributed by atoms with Crippen LogP contribution < -0.4 is 0 Å². The van der Waals surface area contributed by atoms with Crippen LogP contribution in [0.1, 0.15) is 16.2 Å². The van der Waals surface area contributed by atoms with E-state index in [1.54, 1.807) is 0 Å². The van der Waals surface area contributed by atoms with Crippen LogP contribution in [0, 0.1) is 10.1 Å². The molecule has 80 valence electrons. The van der Waals surface area contributed by atoms with Crippen molar-refractivity contribution in [2.75, 3.05) is 7.11 Å². The second-order valence-corrected chi connectivity index (χ2v) is 2.61. The highest BCUT2D eigenvalue weighted by Gasteiger charge is 2.15. The van der Waals surface area contributed by atoms with Gasteiger partial charge in [0.2, 0.25) is 0 Å². The average Bonchev–Trinajstić information content (AvgIpc) is 2.27. The lowest BCUT2D eigenvalue weighted by molar-refractivity contribution is -0.385. The van der Waals surface area contributed by atoms with Gasteiger partial charge in [0.05, 0.1) is 24.3 Å². The average molecular weight is 212 g/mol. The molecule has 0 saturated heterocycles. The highest BCUT2D eigenvalue weighted by atomic mass is 16.6. The maximum atomic E-state index is 11.1. The minimum absolute atomic E-state index is 0.0459. The number of rotatable bonds is 3. The van der Waals surface area contributed by atoms with Crippen molar-refractivity contribution >= 4 is 11.7 Å². The van der Waals surface area contributed by atoms with Crippen molar-refractivity contribution < 1.29 is 19.6 Å². The predicted octanol–water partition coefficient (Wildman–Crippen LogP) is 0.269. The third-order valence-corrected chi connectivity index (χ3v) is 1.63. The Morgan fingerprint density at radius 3 is 2.80 bits per heavy atom. The Bertz CT molecular complexity index is 404. The summed E-state index contributed by atoms with van der Waals surface area (Å²) in [5, 5.41) is 19.3. The summed E-state index contributed by atoms with van der Waals surface area (Å²) >= 11 is 0. The summed E-state index contributed by atoms with van der Waals surface area (Å²) in [6, 6.07) is 2.08. The topological polar surface area (TPSA) is 103 Å². The van der Waals surface area contributed by atoms with Gasteiger partial charge >= 0.3 is 5.97 Å². The van der Waals surface area contributed by atoms with Gasteiger partial charge in [-0.2, -0.15) is 0 Å². The van der Waals surface area contributed by atoms with E-state index in [2.05, 4.69) is 9.72 Å². The van der Waals surface area contributed by atoms with Gasteiger partial charge in [0.15, 0.2) is 5.69 Å². The number of nitrogens with zero attached hydrogens (tertiary/aromatic N) is 2. The molecule has 0 unspecified atom stereocenters. The summed E-state index contributed by atoms with van der Waals surface area (Å²) in [5.74, 6) is -0.784. The largest absolute Gasteiger partial charge is 0.464 e. The van der Waals surface area contributed by atoms with Gasteiger partial charge in [-0.3, -0.25) is 10.1 Å². The molecule has 1 heterocycles. The summed E-state index contributed by atoms with van der Waals surface area (Å²) in [6.45, 7) is -0.480. The molecule has 7 nitrogen and oxygen atoms in total. The fraction of sp³-hybridized carbons (Fsp3) is 0.250. The second-order valence-electron chi connectivity index (χ2n) is 2.61. The number of aliphatic hydroxyl groups is 1. The predicted molar refractivity (Wildman–Crippen MR) is 48.2 cm³/mol. The number of hydrogen-bond donors (Lipinski definition) is 1. The fourth-order valence-corrected chi connectivity index (χ4v) is 0.967. The van der Waals surface area contributed by atoms with Gasteiger partial charge in [-0.05, 0) is 0 Å². The molecule has 0 fully saturated rings. The highest BCUT2D eigenvalue weighted by molar-refractivity contribution is 5.87. The SMILES string of the molecule is COC(=O)c1cc([N+](=O)[O-])cc(CO)n1. The first kappa shape index (κ1) is 11.1. The molecule has 1 rings (SSSR count). The van der Waals surface area contributed by atoms with E-state index in [1.807, 2.05) is 0 Å². The number of nitro groups is 1. The Kier molecular flexibility index (Phi) is 3.29. The zero-order chi connectivity index (χ0) is 11.4. The van der Waals surface area contributed by atoms with Crippen LogP contribution in [0.15, 0.2) is 12.1 Å². The van der Waals surface area contributed by atoms with Gasteiger partial charge in [-0.1, -0.05) is 0 Å². The van der Waals surface area contributed by atoms with E-state index in [0.717, 1.165) is 19.2 Å². The van der Waals surface area contributed by atoms with Crippen molar-refractivity contribution in [1.82, 2.24) is 4.98 Å². The van der Waals surface area contributed by atoms with Crippen molar-refractivity contribution in [3.05, 3.63) is 33.6 Å². The van der Waals surface area contributed by atoms with Gasteiger partial charge in [-0.15, -0.1) is 0 Å². The Labute approximate surface area is 84.5 Å². The molecule has 0 amide bonds. The summed E-state index contributed by atoms with van der Waals surface area (Å²) in [5.41, 5.74) is -0.463. The molecule has 1 aromatic heterocycles. The minimum atomic E-state index is -0.784. The number of ether oxygens (including phenoxy) is 1. The van der Waals surface area contributed by atoms with Crippen LogP contribution in [0.3, 0.4) is 0 Å². The third-order valence-electron chi connectivity index (χ3n) is 1.63. The fourth-order valence-electron chi connectivity index (χ4n) is 0.967. The zero-order valence-electron chi connectivity index (χ0n) is 7.84. The van der Waals surface area contributed by atoms with Crippen molar-refractivity contribution in [1.29, 1.82) is 0 Å². The van der Waals surface area contributed by atoms with E-state index in [0.29, 0.717) is 0 Å². The quantitative estimate of drug-likeness (QED) is 0.438. The van der Waals surface area contributed by atoms with Crippen molar-refractivity contribution in [3.63, 3.8) is 0 Å². The number of esters is 1.